The van der Waals surface area contributed by atoms with Crippen molar-refractivity contribution in [2.75, 3.05) is 11.9 Å². The number of hydrogen-bond acceptors (Lipinski definition) is 2. The molecule has 0 spiro atoms. The third kappa shape index (κ3) is 3.27. The molecule has 98 valence electrons. The number of rotatable bonds is 2. The summed E-state index contributed by atoms with van der Waals surface area (Å²) in [7, 11) is 1.71. The van der Waals surface area contributed by atoms with Crippen LogP contribution in [0.1, 0.15) is 10.4 Å². The third-order valence-corrected chi connectivity index (χ3v) is 4.06. The maximum atomic E-state index is 12.4. The Bertz CT molecular complexity index is 613. The molecule has 3 nitrogen and oxygen atoms in total. The first-order valence-electron chi connectivity index (χ1n) is 5.51. The first-order valence-corrected chi connectivity index (χ1v) is 7.38. The number of carbonyl (C=O) groups excluding carboxylic acids is 1. The highest BCUT2D eigenvalue weighted by molar-refractivity contribution is 14.1. The Morgan fingerprint density at radius 1 is 1.21 bits per heavy atom. The van der Waals surface area contributed by atoms with E-state index in [9.17, 15) is 9.90 Å². The Morgan fingerprint density at radius 2 is 1.84 bits per heavy atom. The summed E-state index contributed by atoms with van der Waals surface area (Å²) in [5.41, 5.74) is 1.34. The van der Waals surface area contributed by atoms with Gasteiger partial charge in [0.1, 0.15) is 5.75 Å². The molecule has 0 aliphatic heterocycles. The molecule has 0 heterocycles. The summed E-state index contributed by atoms with van der Waals surface area (Å²) in [6, 6.07) is 12.2. The molecule has 0 saturated carbocycles. The molecular weight excluding hydrogens is 421 g/mol. The van der Waals surface area contributed by atoms with Crippen molar-refractivity contribution in [2.45, 2.75) is 0 Å². The highest BCUT2D eigenvalue weighted by atomic mass is 127. The van der Waals surface area contributed by atoms with E-state index in [2.05, 4.69) is 38.5 Å². The van der Waals surface area contributed by atoms with E-state index in [1.165, 1.54) is 0 Å². The summed E-state index contributed by atoms with van der Waals surface area (Å²) >= 11 is 5.57. The van der Waals surface area contributed by atoms with Crippen LogP contribution in [0.3, 0.4) is 0 Å². The van der Waals surface area contributed by atoms with Crippen LogP contribution in [0.15, 0.2) is 46.9 Å². The van der Waals surface area contributed by atoms with Crippen LogP contribution < -0.4 is 4.90 Å². The zero-order valence-electron chi connectivity index (χ0n) is 10.1. The number of amides is 1. The van der Waals surface area contributed by atoms with E-state index in [4.69, 9.17) is 0 Å². The van der Waals surface area contributed by atoms with Crippen molar-refractivity contribution in [2.24, 2.45) is 0 Å². The number of nitrogens with zero attached hydrogens (tertiary/aromatic N) is 1. The minimum absolute atomic E-state index is 0.101. The number of benzene rings is 2. The number of phenolic OH excluding ortho intramolecular Hbond substituents is 1. The zero-order valence-corrected chi connectivity index (χ0v) is 13.8. The number of anilines is 1. The molecule has 2 aromatic rings. The van der Waals surface area contributed by atoms with Crippen molar-refractivity contribution >= 4 is 50.1 Å². The highest BCUT2D eigenvalue weighted by Gasteiger charge is 2.16. The molecule has 0 aromatic heterocycles. The predicted molar refractivity (Wildman–Crippen MR) is 87.7 cm³/mol. The van der Waals surface area contributed by atoms with Gasteiger partial charge in [0, 0.05) is 20.8 Å². The topological polar surface area (TPSA) is 40.5 Å². The minimum Gasteiger partial charge on any atom is -0.508 e. The van der Waals surface area contributed by atoms with Gasteiger partial charge in [0.05, 0.1) is 5.56 Å². The second-order valence-electron chi connectivity index (χ2n) is 4.00. The third-order valence-electron chi connectivity index (χ3n) is 2.70. The lowest BCUT2D eigenvalue weighted by atomic mass is 10.2. The van der Waals surface area contributed by atoms with Gasteiger partial charge in [-0.1, -0.05) is 0 Å². The molecule has 1 amide bonds. The Morgan fingerprint density at radius 3 is 2.47 bits per heavy atom. The van der Waals surface area contributed by atoms with Crippen molar-refractivity contribution in [3.8, 4) is 5.75 Å². The average molecular weight is 432 g/mol. The van der Waals surface area contributed by atoms with Crippen molar-refractivity contribution < 1.29 is 9.90 Å². The molecule has 0 saturated heterocycles. The Labute approximate surface area is 133 Å². The van der Waals surface area contributed by atoms with Crippen LogP contribution in [0.2, 0.25) is 0 Å². The zero-order chi connectivity index (χ0) is 14.0. The maximum absolute atomic E-state index is 12.4. The van der Waals surface area contributed by atoms with Gasteiger partial charge in [-0.2, -0.15) is 0 Å². The van der Waals surface area contributed by atoms with Crippen molar-refractivity contribution in [1.29, 1.82) is 0 Å². The lowest BCUT2D eigenvalue weighted by Gasteiger charge is -2.18. The number of halogens is 2. The summed E-state index contributed by atoms with van der Waals surface area (Å²) in [5.74, 6) is 0.0797. The van der Waals surface area contributed by atoms with Crippen LogP contribution in [0.25, 0.3) is 0 Å². The van der Waals surface area contributed by atoms with Gasteiger partial charge in [0.2, 0.25) is 0 Å². The van der Waals surface area contributed by atoms with Crippen LogP contribution in [-0.2, 0) is 0 Å². The van der Waals surface area contributed by atoms with E-state index < -0.39 is 0 Å². The van der Waals surface area contributed by atoms with Crippen molar-refractivity contribution in [3.63, 3.8) is 0 Å². The SMILES string of the molecule is CN(C(=O)c1cc(I)ccc1Br)c1ccc(O)cc1. The summed E-state index contributed by atoms with van der Waals surface area (Å²) in [4.78, 5) is 14.0. The lowest BCUT2D eigenvalue weighted by molar-refractivity contribution is 0.0992. The first kappa shape index (κ1) is 14.3. The molecule has 2 rings (SSSR count). The molecule has 5 heteroatoms. The lowest BCUT2D eigenvalue weighted by Crippen LogP contribution is -2.26. The molecule has 19 heavy (non-hydrogen) atoms. The number of carbonyl (C=O) groups is 1. The fraction of sp³-hybridized carbons (Fsp3) is 0.0714. The van der Waals surface area contributed by atoms with Gasteiger partial charge in [0.25, 0.3) is 5.91 Å². The van der Waals surface area contributed by atoms with Crippen LogP contribution in [-0.4, -0.2) is 18.1 Å². The average Bonchev–Trinajstić information content (AvgIpc) is 2.41. The summed E-state index contributed by atoms with van der Waals surface area (Å²) in [6.07, 6.45) is 0. The van der Waals surface area contributed by atoms with Crippen LogP contribution >= 0.6 is 38.5 Å². The summed E-state index contributed by atoms with van der Waals surface area (Å²) < 4.78 is 1.77. The van der Waals surface area contributed by atoms with E-state index in [0.717, 1.165) is 13.7 Å². The monoisotopic (exact) mass is 431 g/mol. The van der Waals surface area contributed by atoms with Crippen molar-refractivity contribution in [1.82, 2.24) is 0 Å². The Kier molecular flexibility index (Phi) is 4.46. The minimum atomic E-state index is -0.101. The Balaban J connectivity index is 2.33. The molecule has 0 radical (unpaired) electrons. The number of aromatic hydroxyl groups is 1. The smallest absolute Gasteiger partial charge is 0.259 e. The Hall–Kier alpha value is -1.08. The second kappa shape index (κ2) is 5.92. The number of phenols is 1. The van der Waals surface area contributed by atoms with Gasteiger partial charge in [-0.3, -0.25) is 4.79 Å². The number of hydrogen-bond donors (Lipinski definition) is 1. The normalized spacial score (nSPS) is 10.3. The first-order chi connectivity index (χ1) is 8.99. The van der Waals surface area contributed by atoms with E-state index >= 15 is 0 Å². The van der Waals surface area contributed by atoms with Gasteiger partial charge in [-0.15, -0.1) is 0 Å². The fourth-order valence-electron chi connectivity index (χ4n) is 1.64. The van der Waals surface area contributed by atoms with E-state index in [1.807, 2.05) is 18.2 Å². The van der Waals surface area contributed by atoms with Gasteiger partial charge in [-0.25, -0.2) is 0 Å². The molecule has 2 aromatic carbocycles. The molecule has 0 fully saturated rings. The van der Waals surface area contributed by atoms with E-state index in [1.54, 1.807) is 36.2 Å². The van der Waals surface area contributed by atoms with Crippen LogP contribution in [0.4, 0.5) is 5.69 Å². The highest BCUT2D eigenvalue weighted by Crippen LogP contribution is 2.24. The molecule has 0 aliphatic rings. The van der Waals surface area contributed by atoms with Gasteiger partial charge in [0.15, 0.2) is 0 Å². The maximum Gasteiger partial charge on any atom is 0.259 e. The molecule has 0 atom stereocenters. The van der Waals surface area contributed by atoms with Crippen molar-refractivity contribution in [3.05, 3.63) is 56.1 Å². The largest absolute Gasteiger partial charge is 0.508 e. The standard InChI is InChI=1S/C14H11BrINO2/c1-17(10-3-5-11(18)6-4-10)14(19)12-8-9(16)2-7-13(12)15/h2-8,18H,1H3. The van der Waals surface area contributed by atoms with E-state index in [-0.39, 0.29) is 11.7 Å². The molecule has 0 bridgehead atoms. The summed E-state index contributed by atoms with van der Waals surface area (Å²) in [5, 5.41) is 9.26. The molecular formula is C14H11BrINO2. The second-order valence-corrected chi connectivity index (χ2v) is 6.10. The van der Waals surface area contributed by atoms with Gasteiger partial charge >= 0.3 is 0 Å². The molecule has 0 aliphatic carbocycles. The van der Waals surface area contributed by atoms with Gasteiger partial charge < -0.3 is 10.0 Å². The fourth-order valence-corrected chi connectivity index (χ4v) is 2.54. The van der Waals surface area contributed by atoms with E-state index in [0.29, 0.717) is 5.56 Å². The quantitative estimate of drug-likeness (QED) is 0.729. The van der Waals surface area contributed by atoms with Gasteiger partial charge in [-0.05, 0) is 81.0 Å². The summed E-state index contributed by atoms with van der Waals surface area (Å²) in [6.45, 7) is 0. The molecule has 0 unspecified atom stereocenters. The van der Waals surface area contributed by atoms with Crippen LogP contribution in [0, 0.1) is 3.57 Å². The predicted octanol–water partition coefficient (Wildman–Crippen LogP) is 4.04. The van der Waals surface area contributed by atoms with Crippen LogP contribution in [0.5, 0.6) is 5.75 Å². The molecule has 1 N–H and O–H groups in total.